The van der Waals surface area contributed by atoms with Crippen molar-refractivity contribution in [2.24, 2.45) is 0 Å². The van der Waals surface area contributed by atoms with Gasteiger partial charge in [-0.1, -0.05) is 17.7 Å². The van der Waals surface area contributed by atoms with Crippen molar-refractivity contribution in [3.8, 4) is 23.4 Å². The molecular formula is C18H12BrClFN3O3. The number of imidazole rings is 1. The maximum Gasteiger partial charge on any atom is 0.328 e. The third kappa shape index (κ3) is 3.84. The molecule has 27 heavy (non-hydrogen) atoms. The number of hydrogen-bond donors (Lipinski definition) is 2. The minimum Gasteiger partial charge on any atom is -0.493 e. The molecule has 0 radical (unpaired) electrons. The monoisotopic (exact) mass is 451 g/mol. The summed E-state index contributed by atoms with van der Waals surface area (Å²) in [7, 11) is 0. The SMILES string of the molecule is Cc1c(O)[nH]c(=O)n1Cc1ccc(Br)c(Oc2cc(Cl)cc(C#N)c2)c1F. The van der Waals surface area contributed by atoms with Gasteiger partial charge in [-0.05, 0) is 47.1 Å². The maximum atomic E-state index is 15.0. The normalized spacial score (nSPS) is 10.6. The summed E-state index contributed by atoms with van der Waals surface area (Å²) in [6.45, 7) is 1.44. The van der Waals surface area contributed by atoms with Crippen molar-refractivity contribution >= 4 is 27.5 Å². The number of hydrogen-bond acceptors (Lipinski definition) is 4. The average molecular weight is 453 g/mol. The van der Waals surface area contributed by atoms with E-state index in [4.69, 9.17) is 21.6 Å². The summed E-state index contributed by atoms with van der Waals surface area (Å²) in [6.07, 6.45) is 0. The van der Waals surface area contributed by atoms with E-state index in [9.17, 15) is 9.90 Å². The summed E-state index contributed by atoms with van der Waals surface area (Å²) < 4.78 is 22.2. The lowest BCUT2D eigenvalue weighted by Crippen LogP contribution is -2.19. The minimum atomic E-state index is -0.685. The zero-order valence-electron chi connectivity index (χ0n) is 13.9. The van der Waals surface area contributed by atoms with Gasteiger partial charge < -0.3 is 9.84 Å². The highest BCUT2D eigenvalue weighted by Gasteiger charge is 2.18. The molecule has 1 heterocycles. The fraction of sp³-hybridized carbons (Fsp3) is 0.111. The highest BCUT2D eigenvalue weighted by molar-refractivity contribution is 9.10. The van der Waals surface area contributed by atoms with E-state index < -0.39 is 11.5 Å². The molecule has 6 nitrogen and oxygen atoms in total. The molecule has 2 N–H and O–H groups in total. The highest BCUT2D eigenvalue weighted by Crippen LogP contribution is 2.35. The van der Waals surface area contributed by atoms with E-state index in [1.807, 2.05) is 6.07 Å². The summed E-state index contributed by atoms with van der Waals surface area (Å²) in [5.41, 5.74) is 0.191. The second kappa shape index (κ2) is 7.47. The number of aromatic amines is 1. The molecule has 2 aromatic carbocycles. The molecule has 3 aromatic rings. The fourth-order valence-electron chi connectivity index (χ4n) is 2.49. The van der Waals surface area contributed by atoms with Crippen LogP contribution in [-0.2, 0) is 6.54 Å². The van der Waals surface area contributed by atoms with Crippen LogP contribution in [0.15, 0.2) is 39.6 Å². The Bertz CT molecular complexity index is 1130. The number of halogens is 3. The number of H-pyrrole nitrogens is 1. The summed E-state index contributed by atoms with van der Waals surface area (Å²) in [6, 6.07) is 9.38. The Hall–Kier alpha value is -2.76. The highest BCUT2D eigenvalue weighted by atomic mass is 79.9. The third-order valence-corrected chi connectivity index (χ3v) is 4.74. The number of rotatable bonds is 4. The van der Waals surface area contributed by atoms with Crippen molar-refractivity contribution in [2.45, 2.75) is 13.5 Å². The molecule has 0 aliphatic rings. The van der Waals surface area contributed by atoms with Crippen LogP contribution in [0.4, 0.5) is 4.39 Å². The molecule has 0 saturated heterocycles. The molecule has 0 amide bonds. The van der Waals surface area contributed by atoms with Gasteiger partial charge in [0, 0.05) is 10.6 Å². The van der Waals surface area contributed by atoms with Crippen molar-refractivity contribution in [1.82, 2.24) is 9.55 Å². The Kier molecular flexibility index (Phi) is 5.26. The average Bonchev–Trinajstić information content (AvgIpc) is 2.86. The van der Waals surface area contributed by atoms with Gasteiger partial charge in [0.2, 0.25) is 5.88 Å². The van der Waals surface area contributed by atoms with Gasteiger partial charge >= 0.3 is 5.69 Å². The Labute approximate surface area is 166 Å². The van der Waals surface area contributed by atoms with Crippen LogP contribution in [0.2, 0.25) is 5.02 Å². The Balaban J connectivity index is 2.00. The summed E-state index contributed by atoms with van der Waals surface area (Å²) in [5.74, 6) is -0.862. The van der Waals surface area contributed by atoms with Crippen LogP contribution >= 0.6 is 27.5 Å². The van der Waals surface area contributed by atoms with E-state index in [0.717, 1.165) is 0 Å². The quantitative estimate of drug-likeness (QED) is 0.611. The molecular weight excluding hydrogens is 441 g/mol. The van der Waals surface area contributed by atoms with Gasteiger partial charge in [0.25, 0.3) is 0 Å². The van der Waals surface area contributed by atoms with Gasteiger partial charge in [-0.3, -0.25) is 9.55 Å². The number of nitriles is 1. The molecule has 0 saturated carbocycles. The first-order valence-corrected chi connectivity index (χ1v) is 8.81. The number of benzene rings is 2. The zero-order valence-corrected chi connectivity index (χ0v) is 16.2. The van der Waals surface area contributed by atoms with E-state index in [1.54, 1.807) is 6.07 Å². The summed E-state index contributed by atoms with van der Waals surface area (Å²) >= 11 is 9.18. The van der Waals surface area contributed by atoms with Gasteiger partial charge in [0.15, 0.2) is 11.6 Å². The van der Waals surface area contributed by atoms with Crippen molar-refractivity contribution in [3.05, 3.63) is 72.9 Å². The van der Waals surface area contributed by atoms with Gasteiger partial charge in [-0.2, -0.15) is 5.26 Å². The van der Waals surface area contributed by atoms with Crippen molar-refractivity contribution in [1.29, 1.82) is 5.26 Å². The van der Waals surface area contributed by atoms with Crippen LogP contribution in [0, 0.1) is 24.1 Å². The molecule has 138 valence electrons. The maximum absolute atomic E-state index is 15.0. The summed E-state index contributed by atoms with van der Waals surface area (Å²) in [4.78, 5) is 14.1. The van der Waals surface area contributed by atoms with Gasteiger partial charge in [0.1, 0.15) is 5.75 Å². The predicted molar refractivity (Wildman–Crippen MR) is 101 cm³/mol. The van der Waals surface area contributed by atoms with Crippen LogP contribution in [0.1, 0.15) is 16.8 Å². The van der Waals surface area contributed by atoms with Crippen molar-refractivity contribution in [2.75, 3.05) is 0 Å². The first kappa shape index (κ1) is 19.0. The molecule has 3 rings (SSSR count). The van der Waals surface area contributed by atoms with Gasteiger partial charge in [-0.15, -0.1) is 0 Å². The molecule has 0 fully saturated rings. The van der Waals surface area contributed by atoms with E-state index in [2.05, 4.69) is 20.9 Å². The van der Waals surface area contributed by atoms with Crippen molar-refractivity contribution in [3.63, 3.8) is 0 Å². The zero-order chi connectivity index (χ0) is 19.7. The van der Waals surface area contributed by atoms with E-state index in [0.29, 0.717) is 10.2 Å². The lowest BCUT2D eigenvalue weighted by atomic mass is 10.2. The number of nitrogens with one attached hydrogen (secondary N) is 1. The van der Waals surface area contributed by atoms with Crippen LogP contribution < -0.4 is 10.4 Å². The predicted octanol–water partition coefficient (Wildman–Crippen LogP) is 4.46. The summed E-state index contributed by atoms with van der Waals surface area (Å²) in [5, 5.41) is 18.9. The molecule has 0 aliphatic heterocycles. The first-order valence-electron chi connectivity index (χ1n) is 7.64. The van der Waals surface area contributed by atoms with Gasteiger partial charge in [-0.25, -0.2) is 9.18 Å². The first-order chi connectivity index (χ1) is 12.8. The minimum absolute atomic E-state index is 0.101. The molecule has 0 atom stereocenters. The lowest BCUT2D eigenvalue weighted by Gasteiger charge is -2.13. The largest absolute Gasteiger partial charge is 0.493 e. The second-order valence-electron chi connectivity index (χ2n) is 5.69. The Morgan fingerprint density at radius 3 is 2.78 bits per heavy atom. The second-order valence-corrected chi connectivity index (χ2v) is 6.98. The van der Waals surface area contributed by atoms with Crippen LogP contribution in [0.3, 0.4) is 0 Å². The van der Waals surface area contributed by atoms with Gasteiger partial charge in [0.05, 0.1) is 28.3 Å². The number of nitrogens with zero attached hydrogens (tertiary/aromatic N) is 2. The van der Waals surface area contributed by atoms with E-state index in [1.165, 1.54) is 35.8 Å². The number of ether oxygens (including phenoxy) is 1. The molecule has 0 bridgehead atoms. The number of aromatic nitrogens is 2. The molecule has 1 aromatic heterocycles. The van der Waals surface area contributed by atoms with Crippen LogP contribution in [0.25, 0.3) is 0 Å². The molecule has 0 spiro atoms. The molecule has 9 heteroatoms. The Morgan fingerprint density at radius 2 is 2.15 bits per heavy atom. The lowest BCUT2D eigenvalue weighted by molar-refractivity contribution is 0.433. The van der Waals surface area contributed by atoms with E-state index >= 15 is 4.39 Å². The smallest absolute Gasteiger partial charge is 0.328 e. The van der Waals surface area contributed by atoms with Crippen LogP contribution in [0.5, 0.6) is 17.4 Å². The number of aromatic hydroxyl groups is 1. The topological polar surface area (TPSA) is 91.0 Å². The van der Waals surface area contributed by atoms with Crippen LogP contribution in [-0.4, -0.2) is 14.7 Å². The molecule has 0 unspecified atom stereocenters. The third-order valence-electron chi connectivity index (χ3n) is 3.90. The Morgan fingerprint density at radius 1 is 1.41 bits per heavy atom. The molecule has 0 aliphatic carbocycles. The standard InChI is InChI=1S/C18H12BrClFN3O3/c1-9-17(25)23-18(26)24(9)8-11-2-3-14(19)16(15(11)21)27-13-5-10(7-22)4-12(20)6-13/h2-6,25H,8H2,1H3,(H,23,26). The fourth-order valence-corrected chi connectivity index (χ4v) is 3.11. The van der Waals surface area contributed by atoms with E-state index in [-0.39, 0.29) is 40.1 Å². The van der Waals surface area contributed by atoms with Crippen molar-refractivity contribution < 1.29 is 14.2 Å².